The molecule has 0 bridgehead atoms. The van der Waals surface area contributed by atoms with Crippen LogP contribution in [0.3, 0.4) is 0 Å². The Morgan fingerprint density at radius 2 is 2.00 bits per heavy atom. The molecule has 8 nitrogen and oxygen atoms in total. The van der Waals surface area contributed by atoms with E-state index >= 15 is 0 Å². The molecule has 0 fully saturated rings. The molecule has 0 heterocycles. The fourth-order valence-electron chi connectivity index (χ4n) is 1.98. The Morgan fingerprint density at radius 1 is 1.35 bits per heavy atom. The maximum absolute atomic E-state index is 12.4. The number of hydrogen-bond acceptors (Lipinski definition) is 5. The topological polar surface area (TPSA) is 137 Å². The van der Waals surface area contributed by atoms with Crippen LogP contribution in [0, 0.1) is 6.92 Å². The summed E-state index contributed by atoms with van der Waals surface area (Å²) < 4.78 is 31.9. The van der Waals surface area contributed by atoms with E-state index in [4.69, 9.17) is 11.5 Å². The standard InChI is InChI=1S/C14H22N4O4S/c1-10-6-3-4-8-12(10)23(20,21)18-11(13(19)22-2)7-5-9-17-14(15)16/h3-4,6,8,11,18H,5,7,9H2,1-2H3,(H4,15,16,17)/t11-/m0/s1. The third kappa shape index (κ3) is 5.87. The number of hydrogen-bond donors (Lipinski definition) is 3. The van der Waals surface area contributed by atoms with Gasteiger partial charge in [0.05, 0.1) is 12.0 Å². The largest absolute Gasteiger partial charge is 0.468 e. The third-order valence-corrected chi connectivity index (χ3v) is 4.74. The van der Waals surface area contributed by atoms with Crippen molar-refractivity contribution in [1.29, 1.82) is 0 Å². The van der Waals surface area contributed by atoms with Crippen molar-refractivity contribution < 1.29 is 17.9 Å². The van der Waals surface area contributed by atoms with Gasteiger partial charge in [0.25, 0.3) is 0 Å². The molecule has 0 amide bonds. The van der Waals surface area contributed by atoms with Crippen LogP contribution in [0.15, 0.2) is 34.2 Å². The summed E-state index contributed by atoms with van der Waals surface area (Å²) in [6.45, 7) is 1.97. The van der Waals surface area contributed by atoms with E-state index in [-0.39, 0.29) is 17.3 Å². The molecule has 0 aliphatic carbocycles. The Labute approximate surface area is 136 Å². The first kappa shape index (κ1) is 18.9. The second kappa shape index (κ2) is 8.49. The maximum Gasteiger partial charge on any atom is 0.323 e. The first-order valence-electron chi connectivity index (χ1n) is 6.99. The Morgan fingerprint density at radius 3 is 2.57 bits per heavy atom. The van der Waals surface area contributed by atoms with Gasteiger partial charge in [-0.2, -0.15) is 4.72 Å². The SMILES string of the molecule is COC(=O)[C@H](CCCN=C(N)N)NS(=O)(=O)c1ccccc1C. The second-order valence-electron chi connectivity index (χ2n) is 4.91. The summed E-state index contributed by atoms with van der Waals surface area (Å²) in [4.78, 5) is 15.7. The molecule has 0 radical (unpaired) electrons. The zero-order chi connectivity index (χ0) is 17.5. The lowest BCUT2D eigenvalue weighted by molar-refractivity contribution is -0.142. The molecule has 0 saturated heterocycles. The maximum atomic E-state index is 12.4. The minimum absolute atomic E-state index is 0.0555. The van der Waals surface area contributed by atoms with Crippen LogP contribution < -0.4 is 16.2 Å². The minimum atomic E-state index is -3.83. The average molecular weight is 342 g/mol. The molecule has 23 heavy (non-hydrogen) atoms. The van der Waals surface area contributed by atoms with Gasteiger partial charge in [0, 0.05) is 6.54 Å². The van der Waals surface area contributed by atoms with Gasteiger partial charge in [0.1, 0.15) is 6.04 Å². The summed E-state index contributed by atoms with van der Waals surface area (Å²) >= 11 is 0. The monoisotopic (exact) mass is 342 g/mol. The van der Waals surface area contributed by atoms with Crippen LogP contribution in [0.1, 0.15) is 18.4 Å². The first-order valence-corrected chi connectivity index (χ1v) is 8.47. The molecule has 0 aliphatic heterocycles. The number of benzene rings is 1. The highest BCUT2D eigenvalue weighted by Crippen LogP contribution is 2.15. The number of guanidine groups is 1. The fraction of sp³-hybridized carbons (Fsp3) is 0.429. The van der Waals surface area contributed by atoms with Gasteiger partial charge in [-0.1, -0.05) is 18.2 Å². The number of esters is 1. The molecule has 1 aromatic carbocycles. The van der Waals surface area contributed by atoms with Crippen LogP contribution in [0.4, 0.5) is 0 Å². The first-order chi connectivity index (χ1) is 10.8. The molecule has 1 rings (SSSR count). The van der Waals surface area contributed by atoms with Crippen molar-refractivity contribution in [3.05, 3.63) is 29.8 Å². The van der Waals surface area contributed by atoms with Gasteiger partial charge in [-0.25, -0.2) is 8.42 Å². The van der Waals surface area contributed by atoms with E-state index in [0.717, 1.165) is 0 Å². The molecular weight excluding hydrogens is 320 g/mol. The second-order valence-corrected chi connectivity index (χ2v) is 6.59. The number of ether oxygens (including phenoxy) is 1. The Bertz CT molecular complexity index is 669. The van der Waals surface area contributed by atoms with Crippen molar-refractivity contribution in [1.82, 2.24) is 4.72 Å². The number of aryl methyl sites for hydroxylation is 1. The van der Waals surface area contributed by atoms with Gasteiger partial charge in [-0.15, -0.1) is 0 Å². The van der Waals surface area contributed by atoms with Crippen LogP contribution in [0.2, 0.25) is 0 Å². The number of aliphatic imine (C=N–C) groups is 1. The molecule has 0 spiro atoms. The van der Waals surface area contributed by atoms with Crippen LogP contribution in [-0.4, -0.2) is 40.0 Å². The van der Waals surface area contributed by atoms with Gasteiger partial charge >= 0.3 is 5.97 Å². The summed E-state index contributed by atoms with van der Waals surface area (Å²) in [5.74, 6) is -0.716. The summed E-state index contributed by atoms with van der Waals surface area (Å²) in [5, 5.41) is 0. The number of rotatable bonds is 8. The lowest BCUT2D eigenvalue weighted by Crippen LogP contribution is -2.41. The summed E-state index contributed by atoms with van der Waals surface area (Å²) in [5.41, 5.74) is 11.0. The van der Waals surface area contributed by atoms with Crippen LogP contribution in [0.5, 0.6) is 0 Å². The number of carbonyl (C=O) groups excluding carboxylic acids is 1. The van der Waals surface area contributed by atoms with Gasteiger partial charge in [0.15, 0.2) is 5.96 Å². The molecule has 1 atom stereocenters. The van der Waals surface area contributed by atoms with Gasteiger partial charge in [0.2, 0.25) is 10.0 Å². The summed E-state index contributed by atoms with van der Waals surface area (Å²) in [6, 6.07) is 5.51. The van der Waals surface area contributed by atoms with Crippen molar-refractivity contribution in [2.75, 3.05) is 13.7 Å². The van der Waals surface area contributed by atoms with Crippen molar-refractivity contribution in [2.45, 2.75) is 30.7 Å². The van der Waals surface area contributed by atoms with Crippen LogP contribution in [0.25, 0.3) is 0 Å². The van der Waals surface area contributed by atoms with Crippen molar-refractivity contribution >= 4 is 22.0 Å². The molecular formula is C14H22N4O4S. The van der Waals surface area contributed by atoms with E-state index in [1.165, 1.54) is 13.2 Å². The van der Waals surface area contributed by atoms with E-state index in [0.29, 0.717) is 18.5 Å². The average Bonchev–Trinajstić information content (AvgIpc) is 2.49. The number of nitrogens with two attached hydrogens (primary N) is 2. The molecule has 0 aliphatic rings. The number of methoxy groups -OCH3 is 1. The summed E-state index contributed by atoms with van der Waals surface area (Å²) in [6.07, 6.45) is 0.641. The number of sulfonamides is 1. The molecule has 1 aromatic rings. The smallest absolute Gasteiger partial charge is 0.323 e. The van der Waals surface area contributed by atoms with Crippen molar-refractivity contribution in [3.8, 4) is 0 Å². The quantitative estimate of drug-likeness (QED) is 0.260. The van der Waals surface area contributed by atoms with Crippen molar-refractivity contribution in [2.24, 2.45) is 16.5 Å². The normalized spacial score (nSPS) is 12.4. The van der Waals surface area contributed by atoms with E-state index in [1.54, 1.807) is 25.1 Å². The van der Waals surface area contributed by atoms with E-state index in [9.17, 15) is 13.2 Å². The van der Waals surface area contributed by atoms with E-state index in [2.05, 4.69) is 14.5 Å². The zero-order valence-electron chi connectivity index (χ0n) is 13.2. The fourth-order valence-corrected chi connectivity index (χ4v) is 3.44. The van der Waals surface area contributed by atoms with Crippen molar-refractivity contribution in [3.63, 3.8) is 0 Å². The molecule has 0 aromatic heterocycles. The lowest BCUT2D eigenvalue weighted by atomic mass is 10.2. The highest BCUT2D eigenvalue weighted by molar-refractivity contribution is 7.89. The number of nitrogens with zero attached hydrogens (tertiary/aromatic N) is 1. The molecule has 0 saturated carbocycles. The Kier molecular flexibility index (Phi) is 6.98. The highest BCUT2D eigenvalue weighted by atomic mass is 32.2. The zero-order valence-corrected chi connectivity index (χ0v) is 14.0. The predicted octanol–water partition coefficient (Wildman–Crippen LogP) is -0.131. The minimum Gasteiger partial charge on any atom is -0.468 e. The Balaban J connectivity index is 2.86. The predicted molar refractivity (Wildman–Crippen MR) is 87.2 cm³/mol. The van der Waals surface area contributed by atoms with E-state index < -0.39 is 22.0 Å². The highest BCUT2D eigenvalue weighted by Gasteiger charge is 2.26. The number of nitrogens with one attached hydrogen (secondary N) is 1. The number of carbonyl (C=O) groups is 1. The molecule has 9 heteroatoms. The van der Waals surface area contributed by atoms with E-state index in [1.807, 2.05) is 0 Å². The molecule has 0 unspecified atom stereocenters. The van der Waals surface area contributed by atoms with Crippen LogP contribution >= 0.6 is 0 Å². The van der Waals surface area contributed by atoms with Gasteiger partial charge < -0.3 is 16.2 Å². The Hall–Kier alpha value is -2.13. The van der Waals surface area contributed by atoms with Crippen LogP contribution in [-0.2, 0) is 19.6 Å². The van der Waals surface area contributed by atoms with Gasteiger partial charge in [-0.05, 0) is 31.4 Å². The molecule has 128 valence electrons. The van der Waals surface area contributed by atoms with Gasteiger partial charge in [-0.3, -0.25) is 9.79 Å². The third-order valence-electron chi connectivity index (χ3n) is 3.11. The summed E-state index contributed by atoms with van der Waals surface area (Å²) in [7, 11) is -2.63. The molecule has 5 N–H and O–H groups in total. The lowest BCUT2D eigenvalue weighted by Gasteiger charge is -2.17.